The van der Waals surface area contributed by atoms with E-state index < -0.39 is 0 Å². The molecule has 0 aromatic heterocycles. The van der Waals surface area contributed by atoms with Crippen LogP contribution in [0.1, 0.15) is 5.56 Å². The van der Waals surface area contributed by atoms with Crippen LogP contribution in [0.5, 0.6) is 11.5 Å². The van der Waals surface area contributed by atoms with Gasteiger partial charge >= 0.3 is 0 Å². The van der Waals surface area contributed by atoms with Gasteiger partial charge in [-0.2, -0.15) is 16.9 Å². The topological polar surface area (TPSA) is 63.2 Å². The van der Waals surface area contributed by atoms with Crippen LogP contribution in [0.25, 0.3) is 0 Å². The van der Waals surface area contributed by atoms with Gasteiger partial charge in [-0.15, -0.1) is 0 Å². The van der Waals surface area contributed by atoms with Crippen molar-refractivity contribution < 1.29 is 14.3 Å². The fraction of sp³-hybridized carbons (Fsp3) is 0.429. The molecule has 1 amide bonds. The second-order valence-electron chi connectivity index (χ2n) is 4.79. The van der Waals surface area contributed by atoms with Gasteiger partial charge in [-0.3, -0.25) is 9.69 Å². The van der Waals surface area contributed by atoms with Gasteiger partial charge in [-0.25, -0.2) is 5.43 Å². The number of nitrogens with one attached hydrogen (secondary N) is 1. The molecule has 0 spiro atoms. The molecule has 7 heteroatoms. The van der Waals surface area contributed by atoms with Crippen molar-refractivity contribution in [3.63, 3.8) is 0 Å². The highest BCUT2D eigenvalue weighted by Crippen LogP contribution is 2.31. The first-order valence-corrected chi connectivity index (χ1v) is 7.98. The second-order valence-corrected chi connectivity index (χ2v) is 6.02. The molecule has 0 unspecified atom stereocenters. The van der Waals surface area contributed by atoms with Crippen molar-refractivity contribution in [3.05, 3.63) is 23.8 Å². The SMILES string of the molecule is O=C(CN1CCSCC1)N/N=C/c1ccc2c(c1)OCO2. The van der Waals surface area contributed by atoms with Crippen molar-refractivity contribution in [1.29, 1.82) is 0 Å². The predicted octanol–water partition coefficient (Wildman–Crippen LogP) is 0.914. The van der Waals surface area contributed by atoms with Gasteiger partial charge in [0.25, 0.3) is 5.91 Å². The number of carbonyl (C=O) groups is 1. The number of thioether (sulfide) groups is 1. The summed E-state index contributed by atoms with van der Waals surface area (Å²) in [6.07, 6.45) is 1.60. The quantitative estimate of drug-likeness (QED) is 0.662. The summed E-state index contributed by atoms with van der Waals surface area (Å²) in [4.78, 5) is 13.9. The molecule has 1 aromatic rings. The lowest BCUT2D eigenvalue weighted by Gasteiger charge is -2.24. The van der Waals surface area contributed by atoms with Crippen molar-refractivity contribution >= 4 is 23.9 Å². The average Bonchev–Trinajstić information content (AvgIpc) is 2.96. The largest absolute Gasteiger partial charge is 0.454 e. The zero-order valence-corrected chi connectivity index (χ0v) is 12.4. The Balaban J connectivity index is 1.48. The Kier molecular flexibility index (Phi) is 4.62. The summed E-state index contributed by atoms with van der Waals surface area (Å²) in [5.41, 5.74) is 3.41. The molecule has 1 saturated heterocycles. The summed E-state index contributed by atoms with van der Waals surface area (Å²) < 4.78 is 10.5. The molecule has 112 valence electrons. The third kappa shape index (κ3) is 3.89. The molecule has 1 N–H and O–H groups in total. The minimum Gasteiger partial charge on any atom is -0.454 e. The van der Waals surface area contributed by atoms with Crippen LogP contribution in [0.3, 0.4) is 0 Å². The number of rotatable bonds is 4. The fourth-order valence-corrected chi connectivity index (χ4v) is 3.15. The number of hydrogen-bond donors (Lipinski definition) is 1. The minimum atomic E-state index is -0.0844. The van der Waals surface area contributed by atoms with Crippen LogP contribution in [0.4, 0.5) is 0 Å². The summed E-state index contributed by atoms with van der Waals surface area (Å²) in [5.74, 6) is 3.54. The number of ether oxygens (including phenoxy) is 2. The molecule has 2 aliphatic heterocycles. The molecule has 0 aliphatic carbocycles. The van der Waals surface area contributed by atoms with E-state index in [9.17, 15) is 4.79 Å². The zero-order valence-electron chi connectivity index (χ0n) is 11.6. The fourth-order valence-electron chi connectivity index (χ4n) is 2.17. The maximum Gasteiger partial charge on any atom is 0.254 e. The highest BCUT2D eigenvalue weighted by Gasteiger charge is 2.14. The van der Waals surface area contributed by atoms with Gasteiger partial charge in [0.1, 0.15) is 0 Å². The molecule has 21 heavy (non-hydrogen) atoms. The van der Waals surface area contributed by atoms with Crippen LogP contribution in [0.15, 0.2) is 23.3 Å². The first kappa shape index (κ1) is 14.2. The molecular weight excluding hydrogens is 290 g/mol. The molecule has 0 saturated carbocycles. The Morgan fingerprint density at radius 1 is 1.33 bits per heavy atom. The summed E-state index contributed by atoms with van der Waals surface area (Å²) >= 11 is 1.93. The molecule has 0 atom stereocenters. The van der Waals surface area contributed by atoms with Crippen molar-refractivity contribution in [2.45, 2.75) is 0 Å². The third-order valence-corrected chi connectivity index (χ3v) is 4.21. The van der Waals surface area contributed by atoms with E-state index in [1.807, 2.05) is 30.0 Å². The molecule has 3 rings (SSSR count). The van der Waals surface area contributed by atoms with Crippen molar-refractivity contribution in [2.24, 2.45) is 5.10 Å². The predicted molar refractivity (Wildman–Crippen MR) is 82.1 cm³/mol. The summed E-state index contributed by atoms with van der Waals surface area (Å²) in [5, 5.41) is 3.98. The number of carbonyl (C=O) groups excluding carboxylic acids is 1. The molecule has 1 aromatic carbocycles. The van der Waals surface area contributed by atoms with Crippen LogP contribution >= 0.6 is 11.8 Å². The first-order chi connectivity index (χ1) is 10.3. The number of benzene rings is 1. The van der Waals surface area contributed by atoms with E-state index in [2.05, 4.69) is 15.4 Å². The summed E-state index contributed by atoms with van der Waals surface area (Å²) in [6.45, 7) is 2.58. The van der Waals surface area contributed by atoms with Crippen LogP contribution in [0.2, 0.25) is 0 Å². The van der Waals surface area contributed by atoms with Gasteiger partial charge < -0.3 is 9.47 Å². The second kappa shape index (κ2) is 6.82. The minimum absolute atomic E-state index is 0.0844. The molecule has 6 nitrogen and oxygen atoms in total. The van der Waals surface area contributed by atoms with Gasteiger partial charge in [-0.1, -0.05) is 0 Å². The Hall–Kier alpha value is -1.73. The molecule has 2 aliphatic rings. The normalized spacial score (nSPS) is 18.1. The van der Waals surface area contributed by atoms with E-state index in [1.54, 1.807) is 6.21 Å². The molecule has 1 fully saturated rings. The van der Waals surface area contributed by atoms with Crippen molar-refractivity contribution in [1.82, 2.24) is 10.3 Å². The average molecular weight is 307 g/mol. The standard InChI is InChI=1S/C14H17N3O3S/c18-14(9-17-3-5-21-6-4-17)16-15-8-11-1-2-12-13(7-11)20-10-19-12/h1-2,7-8H,3-6,9-10H2,(H,16,18)/b15-8+. The Morgan fingerprint density at radius 3 is 3.00 bits per heavy atom. The number of hydrazone groups is 1. The van der Waals surface area contributed by atoms with Gasteiger partial charge in [0.2, 0.25) is 6.79 Å². The Morgan fingerprint density at radius 2 is 2.14 bits per heavy atom. The van der Waals surface area contributed by atoms with Crippen LogP contribution in [-0.4, -0.2) is 55.0 Å². The molecular formula is C14H17N3O3S. The van der Waals surface area contributed by atoms with Crippen molar-refractivity contribution in [2.75, 3.05) is 37.9 Å². The van der Waals surface area contributed by atoms with E-state index in [1.165, 1.54) is 0 Å². The first-order valence-electron chi connectivity index (χ1n) is 6.83. The maximum absolute atomic E-state index is 11.8. The maximum atomic E-state index is 11.8. The number of fused-ring (bicyclic) bond motifs is 1. The van der Waals surface area contributed by atoms with Gasteiger partial charge in [-0.05, 0) is 23.8 Å². The lowest BCUT2D eigenvalue weighted by Crippen LogP contribution is -2.40. The lowest BCUT2D eigenvalue weighted by atomic mass is 10.2. The van der Waals surface area contributed by atoms with Crippen LogP contribution in [0, 0.1) is 0 Å². The van der Waals surface area contributed by atoms with E-state index in [4.69, 9.17) is 9.47 Å². The van der Waals surface area contributed by atoms with Gasteiger partial charge in [0, 0.05) is 24.6 Å². The monoisotopic (exact) mass is 307 g/mol. The smallest absolute Gasteiger partial charge is 0.254 e. The van der Waals surface area contributed by atoms with Crippen LogP contribution < -0.4 is 14.9 Å². The Labute approximate surface area is 127 Å². The number of amides is 1. The van der Waals surface area contributed by atoms with Crippen LogP contribution in [-0.2, 0) is 4.79 Å². The summed E-state index contributed by atoms with van der Waals surface area (Å²) in [6, 6.07) is 5.53. The highest BCUT2D eigenvalue weighted by atomic mass is 32.2. The Bertz CT molecular complexity index is 544. The molecule has 0 radical (unpaired) electrons. The van der Waals surface area contributed by atoms with E-state index in [-0.39, 0.29) is 12.7 Å². The highest BCUT2D eigenvalue weighted by molar-refractivity contribution is 7.99. The summed E-state index contributed by atoms with van der Waals surface area (Å²) in [7, 11) is 0. The van der Waals surface area contributed by atoms with E-state index >= 15 is 0 Å². The lowest BCUT2D eigenvalue weighted by molar-refractivity contribution is -0.122. The number of hydrogen-bond acceptors (Lipinski definition) is 6. The van der Waals surface area contributed by atoms with Crippen molar-refractivity contribution in [3.8, 4) is 11.5 Å². The molecule has 0 bridgehead atoms. The molecule has 2 heterocycles. The van der Waals surface area contributed by atoms with Gasteiger partial charge in [0.05, 0.1) is 12.8 Å². The van der Waals surface area contributed by atoms with E-state index in [0.717, 1.165) is 35.9 Å². The van der Waals surface area contributed by atoms with Gasteiger partial charge in [0.15, 0.2) is 11.5 Å². The third-order valence-electron chi connectivity index (χ3n) is 3.27. The van der Waals surface area contributed by atoms with E-state index in [0.29, 0.717) is 12.3 Å². The number of nitrogens with zero attached hydrogens (tertiary/aromatic N) is 2. The zero-order chi connectivity index (χ0) is 14.5.